The maximum absolute atomic E-state index is 14.4. The number of aryl methyl sites for hydroxylation is 2. The van der Waals surface area contributed by atoms with Crippen molar-refractivity contribution >= 4 is 57.7 Å². The molecule has 4 aromatic rings. The zero-order chi connectivity index (χ0) is 36.7. The fourth-order valence-corrected chi connectivity index (χ4v) is 6.46. The van der Waals surface area contributed by atoms with Crippen molar-refractivity contribution in [1.82, 2.24) is 24.8 Å². The van der Waals surface area contributed by atoms with E-state index < -0.39 is 5.56 Å². The average Bonchev–Trinajstić information content (AvgIpc) is 3.54. The Morgan fingerprint density at radius 1 is 1.08 bits per heavy atom. The molecule has 1 aliphatic rings. The van der Waals surface area contributed by atoms with Crippen LogP contribution < -0.4 is 31.0 Å². The first-order valence-electron chi connectivity index (χ1n) is 16.3. The van der Waals surface area contributed by atoms with Gasteiger partial charge in [0.2, 0.25) is 17.8 Å². The molecule has 270 valence electrons. The van der Waals surface area contributed by atoms with E-state index in [-0.39, 0.29) is 69.1 Å². The van der Waals surface area contributed by atoms with E-state index >= 15 is 0 Å². The van der Waals surface area contributed by atoms with E-state index in [1.807, 2.05) is 43.3 Å². The van der Waals surface area contributed by atoms with Crippen molar-refractivity contribution in [1.29, 1.82) is 0 Å². The van der Waals surface area contributed by atoms with E-state index in [0.717, 1.165) is 18.5 Å². The minimum absolute atomic E-state index is 0.0476. The van der Waals surface area contributed by atoms with Crippen LogP contribution in [0.25, 0.3) is 22.2 Å². The Balaban J connectivity index is 1.49. The highest BCUT2D eigenvalue weighted by Gasteiger charge is 2.30. The first-order chi connectivity index (χ1) is 24.5. The molecular formula is C36H41Cl2N7O6. The predicted octanol–water partition coefficient (Wildman–Crippen LogP) is 4.79. The van der Waals surface area contributed by atoms with Crippen molar-refractivity contribution < 1.29 is 23.8 Å². The number of rotatable bonds is 15. The van der Waals surface area contributed by atoms with Crippen molar-refractivity contribution in [2.24, 2.45) is 0 Å². The number of halogens is 2. The van der Waals surface area contributed by atoms with E-state index in [1.54, 1.807) is 22.9 Å². The molecule has 0 bridgehead atoms. The molecule has 3 N–H and O–H groups in total. The first kappa shape index (κ1) is 37.6. The highest BCUT2D eigenvalue weighted by atomic mass is 35.5. The van der Waals surface area contributed by atoms with Crippen LogP contribution in [-0.4, -0.2) is 91.4 Å². The van der Waals surface area contributed by atoms with Crippen LogP contribution in [0.3, 0.4) is 0 Å². The fourth-order valence-electron chi connectivity index (χ4n) is 5.76. The molecule has 51 heavy (non-hydrogen) atoms. The lowest BCUT2D eigenvalue weighted by molar-refractivity contribution is -0.117. The number of ether oxygens (including phenoxy) is 3. The summed E-state index contributed by atoms with van der Waals surface area (Å²) in [5, 5.41) is 9.89. The zero-order valence-electron chi connectivity index (χ0n) is 28.9. The van der Waals surface area contributed by atoms with Gasteiger partial charge in [0.25, 0.3) is 5.56 Å². The van der Waals surface area contributed by atoms with Crippen LogP contribution in [0.15, 0.2) is 60.0 Å². The molecule has 2 aromatic heterocycles. The Hall–Kier alpha value is -4.69. The minimum Gasteiger partial charge on any atom is -0.495 e. The highest BCUT2D eigenvalue weighted by molar-refractivity contribution is 6.41. The number of benzene rings is 2. The van der Waals surface area contributed by atoms with E-state index in [1.165, 1.54) is 20.3 Å². The van der Waals surface area contributed by atoms with Crippen LogP contribution in [0.5, 0.6) is 11.5 Å². The standard InChI is InChI=1S/C36H41Cl2N7O6/c1-6-29(46)41-25-19-51-20-26(25)42-36-39-18-22-16-24(31-32(37)27(49-4)17-28(50-5)33(31)38)35(48)45(34(22)43-36)15-13-21-9-11-23(12-10-21)40-30(47)8-7-14-44(2)3/h6,9-12,16-18,25-26H,1,7-8,13-15,19-20H2,2-5H3,(H,40,47)(H,41,46)(H,39,42,43)/t25-,26+/m0/s1. The lowest BCUT2D eigenvalue weighted by atomic mass is 10.0. The molecule has 15 heteroatoms. The number of hydrogen-bond acceptors (Lipinski definition) is 10. The summed E-state index contributed by atoms with van der Waals surface area (Å²) in [6.45, 7) is 5.20. The number of nitrogens with one attached hydrogen (secondary N) is 3. The molecular weight excluding hydrogens is 697 g/mol. The molecule has 1 fully saturated rings. The number of anilines is 2. The molecule has 0 unspecified atom stereocenters. The molecule has 13 nitrogen and oxygen atoms in total. The molecule has 1 saturated heterocycles. The topological polar surface area (TPSA) is 149 Å². The number of methoxy groups -OCH3 is 2. The van der Waals surface area contributed by atoms with Gasteiger partial charge in [0, 0.05) is 41.9 Å². The summed E-state index contributed by atoms with van der Waals surface area (Å²) in [6.07, 6.45) is 4.45. The van der Waals surface area contributed by atoms with E-state index in [9.17, 15) is 14.4 Å². The Morgan fingerprint density at radius 3 is 2.41 bits per heavy atom. The summed E-state index contributed by atoms with van der Waals surface area (Å²) in [6, 6.07) is 10.0. The monoisotopic (exact) mass is 737 g/mol. The number of amides is 2. The predicted molar refractivity (Wildman–Crippen MR) is 199 cm³/mol. The molecule has 2 atom stereocenters. The normalized spacial score (nSPS) is 15.5. The summed E-state index contributed by atoms with van der Waals surface area (Å²) in [5.41, 5.74) is 2.07. The molecule has 2 aromatic carbocycles. The summed E-state index contributed by atoms with van der Waals surface area (Å²) in [4.78, 5) is 50.1. The van der Waals surface area contributed by atoms with Crippen LogP contribution >= 0.6 is 23.2 Å². The Bertz CT molecular complexity index is 1940. The molecule has 1 aliphatic heterocycles. The molecule has 3 heterocycles. The highest BCUT2D eigenvalue weighted by Crippen LogP contribution is 2.45. The van der Waals surface area contributed by atoms with Gasteiger partial charge in [0.15, 0.2) is 0 Å². The molecule has 5 rings (SSSR count). The Kier molecular flexibility index (Phi) is 12.5. The number of aromatic nitrogens is 3. The van der Waals surface area contributed by atoms with Crippen LogP contribution in [0.1, 0.15) is 18.4 Å². The van der Waals surface area contributed by atoms with Gasteiger partial charge in [-0.15, -0.1) is 0 Å². The fraction of sp³-hybridized carbons (Fsp3) is 0.361. The molecule has 0 aliphatic carbocycles. The van der Waals surface area contributed by atoms with Crippen molar-refractivity contribution in [3.05, 3.63) is 81.2 Å². The second kappa shape index (κ2) is 17.0. The van der Waals surface area contributed by atoms with Crippen molar-refractivity contribution in [3.8, 4) is 22.6 Å². The third-order valence-corrected chi connectivity index (χ3v) is 9.20. The first-order valence-corrected chi connectivity index (χ1v) is 17.1. The Morgan fingerprint density at radius 2 is 1.76 bits per heavy atom. The van der Waals surface area contributed by atoms with Crippen molar-refractivity contribution in [2.75, 3.05) is 58.7 Å². The van der Waals surface area contributed by atoms with Gasteiger partial charge in [-0.1, -0.05) is 41.9 Å². The Labute approximate surface area is 305 Å². The number of hydrogen-bond donors (Lipinski definition) is 3. The van der Waals surface area contributed by atoms with Crippen LogP contribution in [0.2, 0.25) is 10.0 Å². The largest absolute Gasteiger partial charge is 0.495 e. The summed E-state index contributed by atoms with van der Waals surface area (Å²) < 4.78 is 18.1. The lowest BCUT2D eigenvalue weighted by Gasteiger charge is -2.20. The van der Waals surface area contributed by atoms with Gasteiger partial charge >= 0.3 is 0 Å². The SMILES string of the molecule is C=CC(=O)N[C@H]1COC[C@H]1Nc1ncc2cc(-c3c(Cl)c(OC)cc(OC)c3Cl)c(=O)n(CCc3ccc(NC(=O)CCCN(C)C)cc3)c2n1. The van der Waals surface area contributed by atoms with Crippen LogP contribution in [0, 0.1) is 0 Å². The van der Waals surface area contributed by atoms with Crippen molar-refractivity contribution in [2.45, 2.75) is 37.9 Å². The van der Waals surface area contributed by atoms with Crippen LogP contribution in [0.4, 0.5) is 11.6 Å². The van der Waals surface area contributed by atoms with Gasteiger partial charge in [-0.2, -0.15) is 4.98 Å². The molecule has 0 spiro atoms. The molecule has 2 amide bonds. The number of nitrogens with zero attached hydrogens (tertiary/aromatic N) is 4. The summed E-state index contributed by atoms with van der Waals surface area (Å²) >= 11 is 13.5. The zero-order valence-corrected chi connectivity index (χ0v) is 30.4. The summed E-state index contributed by atoms with van der Waals surface area (Å²) in [7, 11) is 6.87. The molecule has 0 saturated carbocycles. The van der Waals surface area contributed by atoms with Crippen LogP contribution in [-0.2, 0) is 27.3 Å². The van der Waals surface area contributed by atoms with Gasteiger partial charge in [-0.05, 0) is 63.3 Å². The van der Waals surface area contributed by atoms with E-state index in [2.05, 4.69) is 27.5 Å². The minimum atomic E-state index is -0.395. The number of carbonyl (C=O) groups is 2. The molecule has 0 radical (unpaired) electrons. The third-order valence-electron chi connectivity index (χ3n) is 8.45. The third kappa shape index (κ3) is 8.98. The maximum atomic E-state index is 14.4. The quantitative estimate of drug-likeness (QED) is 0.146. The second-order valence-electron chi connectivity index (χ2n) is 12.3. The number of fused-ring (bicyclic) bond motifs is 1. The van der Waals surface area contributed by atoms with Gasteiger partial charge < -0.3 is 35.1 Å². The second-order valence-corrected chi connectivity index (χ2v) is 13.0. The van der Waals surface area contributed by atoms with Gasteiger partial charge in [0.1, 0.15) is 17.1 Å². The van der Waals surface area contributed by atoms with Gasteiger partial charge in [-0.3, -0.25) is 19.0 Å². The van der Waals surface area contributed by atoms with Crippen molar-refractivity contribution in [3.63, 3.8) is 0 Å². The van der Waals surface area contributed by atoms with E-state index in [4.69, 9.17) is 42.4 Å². The number of carbonyl (C=O) groups excluding carboxylic acids is 2. The maximum Gasteiger partial charge on any atom is 0.260 e. The lowest BCUT2D eigenvalue weighted by Crippen LogP contribution is -2.45. The van der Waals surface area contributed by atoms with Gasteiger partial charge in [-0.25, -0.2) is 4.98 Å². The average molecular weight is 739 g/mol. The smallest absolute Gasteiger partial charge is 0.260 e. The van der Waals surface area contributed by atoms with E-state index in [0.29, 0.717) is 42.8 Å². The number of pyridine rings is 1. The summed E-state index contributed by atoms with van der Waals surface area (Å²) in [5.74, 6) is 0.461. The van der Waals surface area contributed by atoms with Gasteiger partial charge in [0.05, 0.1) is 55.1 Å².